The quantitative estimate of drug-likeness (QED) is 0.804. The summed E-state index contributed by atoms with van der Waals surface area (Å²) in [5.74, 6) is 1.99. The molecule has 0 aliphatic heterocycles. The van der Waals surface area contributed by atoms with Crippen LogP contribution in [0.25, 0.3) is 0 Å². The Hall–Kier alpha value is -1.26. The van der Waals surface area contributed by atoms with Crippen molar-refractivity contribution in [1.82, 2.24) is 0 Å². The zero-order chi connectivity index (χ0) is 14.5. The van der Waals surface area contributed by atoms with Gasteiger partial charge in [0.15, 0.2) is 11.5 Å². The molecule has 0 radical (unpaired) electrons. The number of hydrogen-bond donors (Lipinski definition) is 2. The van der Waals surface area contributed by atoms with Gasteiger partial charge < -0.3 is 20.3 Å². The Morgan fingerprint density at radius 2 is 1.95 bits per heavy atom. The molecule has 0 saturated heterocycles. The largest absolute Gasteiger partial charge is 0.493 e. The zero-order valence-electron chi connectivity index (χ0n) is 12.3. The van der Waals surface area contributed by atoms with Crippen LogP contribution in [0.15, 0.2) is 18.2 Å². The van der Waals surface area contributed by atoms with Gasteiger partial charge in [0, 0.05) is 12.5 Å². The maximum Gasteiger partial charge on any atom is 0.160 e. The molecule has 1 saturated carbocycles. The van der Waals surface area contributed by atoms with Gasteiger partial charge in [0.05, 0.1) is 20.3 Å². The lowest BCUT2D eigenvalue weighted by molar-refractivity contribution is 0.0950. The second kappa shape index (κ2) is 6.95. The van der Waals surface area contributed by atoms with Crippen LogP contribution in [0.5, 0.6) is 11.5 Å². The van der Waals surface area contributed by atoms with Gasteiger partial charge in [-0.15, -0.1) is 0 Å². The maximum atomic E-state index is 10.4. The molecule has 1 aliphatic rings. The summed E-state index contributed by atoms with van der Waals surface area (Å²) in [6, 6.07) is 5.75. The van der Waals surface area contributed by atoms with Crippen molar-refractivity contribution in [3.63, 3.8) is 0 Å². The van der Waals surface area contributed by atoms with E-state index in [0.29, 0.717) is 24.0 Å². The molecule has 1 aliphatic carbocycles. The fraction of sp³-hybridized carbons (Fsp3) is 0.625. The molecular formula is C16H25NO3. The van der Waals surface area contributed by atoms with Gasteiger partial charge in [-0.05, 0) is 30.0 Å². The van der Waals surface area contributed by atoms with Crippen LogP contribution in [-0.4, -0.2) is 32.0 Å². The van der Waals surface area contributed by atoms with Gasteiger partial charge in [0.1, 0.15) is 0 Å². The average Bonchev–Trinajstić information content (AvgIpc) is 2.43. The maximum absolute atomic E-state index is 10.4. The van der Waals surface area contributed by atoms with Crippen LogP contribution >= 0.6 is 0 Å². The summed E-state index contributed by atoms with van der Waals surface area (Å²) in [7, 11) is 3.23. The van der Waals surface area contributed by atoms with Crippen molar-refractivity contribution < 1.29 is 14.6 Å². The van der Waals surface area contributed by atoms with E-state index in [2.05, 4.69) is 0 Å². The van der Waals surface area contributed by atoms with E-state index in [-0.39, 0.29) is 12.0 Å². The van der Waals surface area contributed by atoms with Crippen LogP contribution < -0.4 is 15.2 Å². The fourth-order valence-electron chi connectivity index (χ4n) is 2.83. The first-order valence-corrected chi connectivity index (χ1v) is 7.29. The van der Waals surface area contributed by atoms with Crippen LogP contribution in [0.2, 0.25) is 0 Å². The van der Waals surface area contributed by atoms with Crippen molar-refractivity contribution in [2.75, 3.05) is 20.8 Å². The van der Waals surface area contributed by atoms with E-state index < -0.39 is 0 Å². The molecule has 1 aromatic rings. The number of rotatable bonds is 7. The van der Waals surface area contributed by atoms with E-state index >= 15 is 0 Å². The van der Waals surface area contributed by atoms with Crippen molar-refractivity contribution in [3.05, 3.63) is 23.8 Å². The molecule has 1 aromatic carbocycles. The smallest absolute Gasteiger partial charge is 0.160 e. The highest BCUT2D eigenvalue weighted by molar-refractivity contribution is 5.44. The van der Waals surface area contributed by atoms with E-state index in [1.54, 1.807) is 14.2 Å². The molecule has 0 spiro atoms. The number of methoxy groups -OCH3 is 2. The van der Waals surface area contributed by atoms with Crippen LogP contribution in [0, 0.1) is 5.92 Å². The minimum atomic E-state index is -0.386. The van der Waals surface area contributed by atoms with E-state index in [9.17, 15) is 5.11 Å². The molecule has 0 heterocycles. The summed E-state index contributed by atoms with van der Waals surface area (Å²) in [6.07, 6.45) is 4.22. The SMILES string of the molecule is COc1ccc(C(CN)C(O)CC2CCC2)cc1OC. The summed E-state index contributed by atoms with van der Waals surface area (Å²) < 4.78 is 10.6. The number of aliphatic hydroxyl groups excluding tert-OH is 1. The van der Waals surface area contributed by atoms with Crippen molar-refractivity contribution >= 4 is 0 Å². The Morgan fingerprint density at radius 1 is 1.25 bits per heavy atom. The van der Waals surface area contributed by atoms with E-state index in [1.807, 2.05) is 18.2 Å². The van der Waals surface area contributed by atoms with E-state index in [1.165, 1.54) is 19.3 Å². The standard InChI is InChI=1S/C16H25NO3/c1-19-15-7-6-12(9-16(15)20-2)13(10-17)14(18)8-11-4-3-5-11/h6-7,9,11,13-14,18H,3-5,8,10,17H2,1-2H3. The third kappa shape index (κ3) is 3.25. The summed E-state index contributed by atoms with van der Waals surface area (Å²) in [5.41, 5.74) is 6.88. The Bertz CT molecular complexity index is 432. The Labute approximate surface area is 120 Å². The summed E-state index contributed by atoms with van der Waals surface area (Å²) in [4.78, 5) is 0. The molecule has 4 heteroatoms. The van der Waals surface area contributed by atoms with Gasteiger partial charge in [-0.1, -0.05) is 25.3 Å². The second-order valence-electron chi connectivity index (χ2n) is 5.56. The van der Waals surface area contributed by atoms with Crippen molar-refractivity contribution in [1.29, 1.82) is 0 Å². The molecule has 0 aromatic heterocycles. The van der Waals surface area contributed by atoms with Crippen LogP contribution in [0.3, 0.4) is 0 Å². The molecule has 2 unspecified atom stereocenters. The molecule has 3 N–H and O–H groups in total. The molecule has 112 valence electrons. The Balaban J connectivity index is 2.13. The van der Waals surface area contributed by atoms with Gasteiger partial charge in [0.25, 0.3) is 0 Å². The molecule has 4 nitrogen and oxygen atoms in total. The Morgan fingerprint density at radius 3 is 2.45 bits per heavy atom. The lowest BCUT2D eigenvalue weighted by atomic mass is 9.78. The number of hydrogen-bond acceptors (Lipinski definition) is 4. The lowest BCUT2D eigenvalue weighted by Crippen LogP contribution is -2.29. The van der Waals surface area contributed by atoms with Crippen molar-refractivity contribution in [2.45, 2.75) is 37.7 Å². The first-order chi connectivity index (χ1) is 9.69. The molecular weight excluding hydrogens is 254 g/mol. The highest BCUT2D eigenvalue weighted by Crippen LogP contribution is 2.36. The number of ether oxygens (including phenoxy) is 2. The van der Waals surface area contributed by atoms with Gasteiger partial charge in [-0.2, -0.15) is 0 Å². The third-order valence-electron chi connectivity index (χ3n) is 4.35. The predicted molar refractivity (Wildman–Crippen MR) is 79.3 cm³/mol. The van der Waals surface area contributed by atoms with Crippen LogP contribution in [-0.2, 0) is 0 Å². The van der Waals surface area contributed by atoms with Gasteiger partial charge in [-0.3, -0.25) is 0 Å². The molecule has 2 atom stereocenters. The minimum absolute atomic E-state index is 0.0459. The number of nitrogens with two attached hydrogens (primary N) is 1. The minimum Gasteiger partial charge on any atom is -0.493 e. The number of benzene rings is 1. The number of aliphatic hydroxyl groups is 1. The van der Waals surface area contributed by atoms with Gasteiger partial charge >= 0.3 is 0 Å². The van der Waals surface area contributed by atoms with Crippen molar-refractivity contribution in [2.24, 2.45) is 11.7 Å². The van der Waals surface area contributed by atoms with Crippen LogP contribution in [0.1, 0.15) is 37.2 Å². The lowest BCUT2D eigenvalue weighted by Gasteiger charge is -2.31. The second-order valence-corrected chi connectivity index (χ2v) is 5.56. The molecule has 2 rings (SSSR count). The molecule has 1 fully saturated rings. The highest BCUT2D eigenvalue weighted by atomic mass is 16.5. The summed E-state index contributed by atoms with van der Waals surface area (Å²) in [6.45, 7) is 0.434. The van der Waals surface area contributed by atoms with Crippen molar-refractivity contribution in [3.8, 4) is 11.5 Å². The summed E-state index contributed by atoms with van der Waals surface area (Å²) >= 11 is 0. The predicted octanol–water partition coefficient (Wildman–Crippen LogP) is 2.30. The Kier molecular flexibility index (Phi) is 5.26. The monoisotopic (exact) mass is 279 g/mol. The zero-order valence-corrected chi connectivity index (χ0v) is 12.3. The highest BCUT2D eigenvalue weighted by Gasteiger charge is 2.27. The topological polar surface area (TPSA) is 64.7 Å². The van der Waals surface area contributed by atoms with E-state index in [4.69, 9.17) is 15.2 Å². The molecule has 0 bridgehead atoms. The first-order valence-electron chi connectivity index (χ1n) is 7.29. The first kappa shape index (κ1) is 15.1. The molecule has 20 heavy (non-hydrogen) atoms. The summed E-state index contributed by atoms with van der Waals surface area (Å²) in [5, 5.41) is 10.4. The third-order valence-corrected chi connectivity index (χ3v) is 4.35. The van der Waals surface area contributed by atoms with Gasteiger partial charge in [-0.25, -0.2) is 0 Å². The van der Waals surface area contributed by atoms with Gasteiger partial charge in [0.2, 0.25) is 0 Å². The van der Waals surface area contributed by atoms with Crippen LogP contribution in [0.4, 0.5) is 0 Å². The molecule has 0 amide bonds. The fourth-order valence-corrected chi connectivity index (χ4v) is 2.83. The van der Waals surface area contributed by atoms with E-state index in [0.717, 1.165) is 12.0 Å². The average molecular weight is 279 g/mol. The normalized spacial score (nSPS) is 18.2.